The zero-order chi connectivity index (χ0) is 18.2. The third-order valence-corrected chi connectivity index (χ3v) is 3.88. The Balaban J connectivity index is 2.22. The molecule has 0 fully saturated rings. The van der Waals surface area contributed by atoms with Crippen LogP contribution in [0.2, 0.25) is 0 Å². The van der Waals surface area contributed by atoms with Crippen LogP contribution in [-0.2, 0) is 6.54 Å². The van der Waals surface area contributed by atoms with Gasteiger partial charge in [-0.15, -0.1) is 0 Å². The summed E-state index contributed by atoms with van der Waals surface area (Å²) in [6.07, 6.45) is -3.44. The number of benzene rings is 2. The molecule has 0 atom stereocenters. The molecule has 1 heterocycles. The summed E-state index contributed by atoms with van der Waals surface area (Å²) < 4.78 is 44.7. The first-order chi connectivity index (χ1) is 11.8. The first kappa shape index (κ1) is 16.9. The number of halogens is 3. The number of carboxylic acid groups (broad SMARTS) is 1. The number of ether oxygens (including phenoxy) is 1. The summed E-state index contributed by atoms with van der Waals surface area (Å²) >= 11 is 0. The number of fused-ring (bicyclic) bond motifs is 1. The maximum absolute atomic E-state index is 12.8. The third kappa shape index (κ3) is 3.31. The van der Waals surface area contributed by atoms with E-state index in [0.29, 0.717) is 16.9 Å². The Hall–Kier alpha value is -2.96. The Labute approximate surface area is 141 Å². The van der Waals surface area contributed by atoms with Gasteiger partial charge in [-0.1, -0.05) is 30.3 Å². The summed E-state index contributed by atoms with van der Waals surface area (Å²) in [6.45, 7) is -1.26. The van der Waals surface area contributed by atoms with E-state index >= 15 is 0 Å². The molecule has 0 aliphatic rings. The van der Waals surface area contributed by atoms with Crippen molar-refractivity contribution in [3.8, 4) is 16.9 Å². The van der Waals surface area contributed by atoms with Crippen LogP contribution in [-0.4, -0.2) is 28.9 Å². The van der Waals surface area contributed by atoms with Gasteiger partial charge in [0.2, 0.25) is 0 Å². The molecule has 1 aromatic heterocycles. The van der Waals surface area contributed by atoms with Gasteiger partial charge < -0.3 is 14.4 Å². The van der Waals surface area contributed by atoms with Gasteiger partial charge in [0.15, 0.2) is 0 Å². The molecule has 0 aliphatic carbocycles. The number of rotatable bonds is 4. The van der Waals surface area contributed by atoms with Gasteiger partial charge in [0.25, 0.3) is 0 Å². The van der Waals surface area contributed by atoms with Crippen LogP contribution in [0, 0.1) is 0 Å². The lowest BCUT2D eigenvalue weighted by Crippen LogP contribution is -2.16. The summed E-state index contributed by atoms with van der Waals surface area (Å²) in [4.78, 5) is 11.3. The SMILES string of the molecule is COc1ccccc1-c1ccc2c(C(=O)O)cn(CC(F)(F)F)c2c1. The average molecular weight is 349 g/mol. The topological polar surface area (TPSA) is 51.5 Å². The van der Waals surface area contributed by atoms with Gasteiger partial charge in [0.05, 0.1) is 12.7 Å². The van der Waals surface area contributed by atoms with Gasteiger partial charge in [-0.2, -0.15) is 13.2 Å². The zero-order valence-corrected chi connectivity index (χ0v) is 13.2. The maximum atomic E-state index is 12.8. The van der Waals surface area contributed by atoms with Crippen molar-refractivity contribution in [3.63, 3.8) is 0 Å². The first-order valence-electron chi connectivity index (χ1n) is 7.36. The number of aromatic carboxylic acids is 1. The molecular weight excluding hydrogens is 335 g/mol. The number of methoxy groups -OCH3 is 1. The second-order valence-electron chi connectivity index (χ2n) is 5.52. The fourth-order valence-corrected chi connectivity index (χ4v) is 2.84. The molecular formula is C18H14F3NO3. The highest BCUT2D eigenvalue weighted by Crippen LogP contribution is 2.34. The van der Waals surface area contributed by atoms with E-state index in [4.69, 9.17) is 4.74 Å². The molecule has 0 amide bonds. The monoisotopic (exact) mass is 349 g/mol. The lowest BCUT2D eigenvalue weighted by molar-refractivity contribution is -0.139. The Morgan fingerprint density at radius 1 is 1.20 bits per heavy atom. The summed E-state index contributed by atoms with van der Waals surface area (Å²) in [6, 6.07) is 11.9. The fourth-order valence-electron chi connectivity index (χ4n) is 2.84. The van der Waals surface area contributed by atoms with Crippen LogP contribution in [0.1, 0.15) is 10.4 Å². The number of hydrogen-bond acceptors (Lipinski definition) is 2. The van der Waals surface area contributed by atoms with Gasteiger partial charge in [-0.05, 0) is 17.7 Å². The smallest absolute Gasteiger partial charge is 0.406 e. The van der Waals surface area contributed by atoms with E-state index < -0.39 is 18.7 Å². The third-order valence-electron chi connectivity index (χ3n) is 3.88. The molecule has 1 N–H and O–H groups in total. The fraction of sp³-hybridized carbons (Fsp3) is 0.167. The predicted octanol–water partition coefficient (Wildman–Crippen LogP) is 4.58. The second-order valence-corrected chi connectivity index (χ2v) is 5.52. The van der Waals surface area contributed by atoms with Crippen molar-refractivity contribution >= 4 is 16.9 Å². The van der Waals surface area contributed by atoms with Crippen molar-refractivity contribution in [1.82, 2.24) is 4.57 Å². The predicted molar refractivity (Wildman–Crippen MR) is 86.9 cm³/mol. The molecule has 0 unspecified atom stereocenters. The summed E-state index contributed by atoms with van der Waals surface area (Å²) in [5.74, 6) is -0.690. The summed E-state index contributed by atoms with van der Waals surface area (Å²) in [5.41, 5.74) is 1.40. The molecule has 0 spiro atoms. The van der Waals surface area contributed by atoms with E-state index in [-0.39, 0.29) is 16.5 Å². The van der Waals surface area contributed by atoms with Crippen molar-refractivity contribution < 1.29 is 27.8 Å². The largest absolute Gasteiger partial charge is 0.496 e. The van der Waals surface area contributed by atoms with Crippen LogP contribution in [0.3, 0.4) is 0 Å². The van der Waals surface area contributed by atoms with Crippen molar-refractivity contribution in [3.05, 3.63) is 54.2 Å². The second kappa shape index (κ2) is 6.16. The summed E-state index contributed by atoms with van der Waals surface area (Å²) in [5, 5.41) is 9.51. The molecule has 0 saturated carbocycles. The number of hydrogen-bond donors (Lipinski definition) is 1. The van der Waals surface area contributed by atoms with Gasteiger partial charge in [0, 0.05) is 22.7 Å². The Morgan fingerprint density at radius 2 is 1.92 bits per heavy atom. The van der Waals surface area contributed by atoms with E-state index in [2.05, 4.69) is 0 Å². The molecule has 3 rings (SSSR count). The Morgan fingerprint density at radius 3 is 2.56 bits per heavy atom. The number of carboxylic acids is 1. The standard InChI is InChI=1S/C18H14F3NO3/c1-25-16-5-3-2-4-12(16)11-6-7-13-14(17(23)24)9-22(15(13)8-11)10-18(19,20)21/h2-9H,10H2,1H3,(H,23,24). The molecule has 2 aromatic carbocycles. The maximum Gasteiger partial charge on any atom is 0.406 e. The molecule has 0 saturated heterocycles. The highest BCUT2D eigenvalue weighted by atomic mass is 19.4. The van der Waals surface area contributed by atoms with Crippen LogP contribution >= 0.6 is 0 Å². The van der Waals surface area contributed by atoms with Crippen LogP contribution in [0.5, 0.6) is 5.75 Å². The first-order valence-corrected chi connectivity index (χ1v) is 7.36. The van der Waals surface area contributed by atoms with Crippen molar-refractivity contribution in [1.29, 1.82) is 0 Å². The van der Waals surface area contributed by atoms with Crippen molar-refractivity contribution in [2.24, 2.45) is 0 Å². The molecule has 0 bridgehead atoms. The lowest BCUT2D eigenvalue weighted by atomic mass is 10.0. The molecule has 3 aromatic rings. The minimum Gasteiger partial charge on any atom is -0.496 e. The zero-order valence-electron chi connectivity index (χ0n) is 13.2. The van der Waals surface area contributed by atoms with Gasteiger partial charge in [-0.25, -0.2) is 4.79 Å². The number of alkyl halides is 3. The minimum atomic E-state index is -4.46. The Kier molecular flexibility index (Phi) is 4.16. The van der Waals surface area contributed by atoms with Gasteiger partial charge >= 0.3 is 12.1 Å². The Bertz CT molecular complexity index is 944. The van der Waals surface area contributed by atoms with Crippen LogP contribution in [0.25, 0.3) is 22.0 Å². The molecule has 7 heteroatoms. The van der Waals surface area contributed by atoms with Crippen LogP contribution in [0.4, 0.5) is 13.2 Å². The van der Waals surface area contributed by atoms with Crippen molar-refractivity contribution in [2.75, 3.05) is 7.11 Å². The van der Waals surface area contributed by atoms with Gasteiger partial charge in [-0.3, -0.25) is 0 Å². The van der Waals surface area contributed by atoms with Crippen LogP contribution < -0.4 is 4.74 Å². The van der Waals surface area contributed by atoms with Crippen LogP contribution in [0.15, 0.2) is 48.7 Å². The van der Waals surface area contributed by atoms with E-state index in [1.165, 1.54) is 13.2 Å². The lowest BCUT2D eigenvalue weighted by Gasteiger charge is -2.11. The van der Waals surface area contributed by atoms with E-state index in [1.807, 2.05) is 0 Å². The summed E-state index contributed by atoms with van der Waals surface area (Å²) in [7, 11) is 1.51. The van der Waals surface area contributed by atoms with Crippen molar-refractivity contribution in [2.45, 2.75) is 12.7 Å². The molecule has 25 heavy (non-hydrogen) atoms. The molecule has 4 nitrogen and oxygen atoms in total. The normalized spacial score (nSPS) is 11.7. The molecule has 0 radical (unpaired) electrons. The highest BCUT2D eigenvalue weighted by molar-refractivity contribution is 6.04. The molecule has 130 valence electrons. The number of aromatic nitrogens is 1. The highest BCUT2D eigenvalue weighted by Gasteiger charge is 2.29. The van der Waals surface area contributed by atoms with E-state index in [1.54, 1.807) is 36.4 Å². The number of para-hydroxylation sites is 1. The minimum absolute atomic E-state index is 0.161. The van der Waals surface area contributed by atoms with E-state index in [9.17, 15) is 23.1 Å². The number of carbonyl (C=O) groups is 1. The van der Waals surface area contributed by atoms with E-state index in [0.717, 1.165) is 10.8 Å². The molecule has 0 aliphatic heterocycles. The average Bonchev–Trinajstić information content (AvgIpc) is 2.91. The van der Waals surface area contributed by atoms with Gasteiger partial charge in [0.1, 0.15) is 12.3 Å². The number of nitrogens with zero attached hydrogens (tertiary/aromatic N) is 1. The quantitative estimate of drug-likeness (QED) is 0.750.